The van der Waals surface area contributed by atoms with E-state index >= 15 is 0 Å². The first-order chi connectivity index (χ1) is 14.0. The summed E-state index contributed by atoms with van der Waals surface area (Å²) in [4.78, 5) is 14.1. The molecule has 1 aliphatic carbocycles. The Hall–Kier alpha value is -2.45. The summed E-state index contributed by atoms with van der Waals surface area (Å²) in [5.41, 5.74) is 1.81. The lowest BCUT2D eigenvalue weighted by Crippen LogP contribution is -2.38. The first-order valence-corrected chi connectivity index (χ1v) is 11.7. The molecule has 1 aliphatic rings. The number of anilines is 1. The van der Waals surface area contributed by atoms with Crippen LogP contribution in [0.15, 0.2) is 48.9 Å². The van der Waals surface area contributed by atoms with Gasteiger partial charge in [-0.2, -0.15) is 0 Å². The Balaban J connectivity index is 1.31. The Labute approximate surface area is 171 Å². The molecule has 0 unspecified atom stereocenters. The average molecular weight is 414 g/mol. The molecule has 2 heterocycles. The molecule has 2 aromatic heterocycles. The van der Waals surface area contributed by atoms with Crippen molar-refractivity contribution in [3.8, 4) is 0 Å². The molecule has 4 rings (SSSR count). The third kappa shape index (κ3) is 4.76. The van der Waals surface area contributed by atoms with Crippen LogP contribution >= 0.6 is 0 Å². The molecule has 0 saturated heterocycles. The molecular weight excluding hydrogens is 386 g/mol. The Bertz CT molecular complexity index is 1040. The molecule has 0 bridgehead atoms. The molecule has 1 aromatic carbocycles. The smallest absolute Gasteiger partial charge is 0.212 e. The minimum atomic E-state index is -3.28. The van der Waals surface area contributed by atoms with E-state index < -0.39 is 10.0 Å². The van der Waals surface area contributed by atoms with Crippen LogP contribution in [-0.4, -0.2) is 42.2 Å². The van der Waals surface area contributed by atoms with Gasteiger partial charge in [0.15, 0.2) is 0 Å². The van der Waals surface area contributed by atoms with Crippen molar-refractivity contribution < 1.29 is 8.42 Å². The van der Waals surface area contributed by atoms with Gasteiger partial charge >= 0.3 is 0 Å². The minimum Gasteiger partial charge on any atom is -0.356 e. The first kappa shape index (κ1) is 19.8. The van der Waals surface area contributed by atoms with Crippen molar-refractivity contribution >= 4 is 26.9 Å². The van der Waals surface area contributed by atoms with Gasteiger partial charge in [0.05, 0.1) is 11.1 Å². The van der Waals surface area contributed by atoms with Gasteiger partial charge in [-0.05, 0) is 43.2 Å². The molecule has 1 fully saturated rings. The predicted molar refractivity (Wildman–Crippen MR) is 115 cm³/mol. The van der Waals surface area contributed by atoms with Crippen molar-refractivity contribution in [2.45, 2.75) is 38.3 Å². The third-order valence-electron chi connectivity index (χ3n) is 5.83. The second kappa shape index (κ2) is 8.51. The standard InChI is InChI=1S/C21H27N5O2S/c1-26(21-19-11-12-22-20(19)23-15-24-21)18-9-7-17(8-10-18)14-29(27,28)25-13-16-5-3-2-4-6-16/h2-6,11-12,15,17-18,25H,7-10,13-14H2,1H3,(H,22,23,24)/t17-,18+. The highest BCUT2D eigenvalue weighted by molar-refractivity contribution is 7.89. The molecule has 0 aliphatic heterocycles. The second-order valence-corrected chi connectivity index (χ2v) is 9.66. The quantitative estimate of drug-likeness (QED) is 0.621. The number of hydrogen-bond acceptors (Lipinski definition) is 5. The van der Waals surface area contributed by atoms with Crippen LogP contribution in [0.25, 0.3) is 11.0 Å². The van der Waals surface area contributed by atoms with E-state index in [4.69, 9.17) is 0 Å². The Morgan fingerprint density at radius 2 is 1.86 bits per heavy atom. The molecule has 0 amide bonds. The highest BCUT2D eigenvalue weighted by Crippen LogP contribution is 2.31. The average Bonchev–Trinajstić information content (AvgIpc) is 3.22. The summed E-state index contributed by atoms with van der Waals surface area (Å²) >= 11 is 0. The van der Waals surface area contributed by atoms with Crippen molar-refractivity contribution in [2.75, 3.05) is 17.7 Å². The first-order valence-electron chi connectivity index (χ1n) is 10.0. The summed E-state index contributed by atoms with van der Waals surface area (Å²) in [6.45, 7) is 0.349. The van der Waals surface area contributed by atoms with Crippen LogP contribution in [0.5, 0.6) is 0 Å². The number of nitrogens with zero attached hydrogens (tertiary/aromatic N) is 3. The van der Waals surface area contributed by atoms with E-state index in [2.05, 4.69) is 31.6 Å². The minimum absolute atomic E-state index is 0.200. The van der Waals surface area contributed by atoms with Crippen LogP contribution in [-0.2, 0) is 16.6 Å². The van der Waals surface area contributed by atoms with Gasteiger partial charge in [-0.1, -0.05) is 30.3 Å². The Morgan fingerprint density at radius 1 is 1.10 bits per heavy atom. The molecular formula is C21H27N5O2S. The van der Waals surface area contributed by atoms with E-state index in [9.17, 15) is 8.42 Å². The number of aromatic amines is 1. The molecule has 8 heteroatoms. The molecule has 154 valence electrons. The number of benzene rings is 1. The van der Waals surface area contributed by atoms with Crippen LogP contribution in [0.2, 0.25) is 0 Å². The maximum absolute atomic E-state index is 12.5. The van der Waals surface area contributed by atoms with E-state index in [0.29, 0.717) is 12.6 Å². The van der Waals surface area contributed by atoms with Crippen molar-refractivity contribution in [1.82, 2.24) is 19.7 Å². The van der Waals surface area contributed by atoms with Crippen LogP contribution in [0, 0.1) is 5.92 Å². The van der Waals surface area contributed by atoms with Crippen LogP contribution < -0.4 is 9.62 Å². The maximum Gasteiger partial charge on any atom is 0.212 e. The number of aromatic nitrogens is 3. The van der Waals surface area contributed by atoms with Gasteiger partial charge in [0, 0.05) is 25.8 Å². The number of fused-ring (bicyclic) bond motifs is 1. The lowest BCUT2D eigenvalue weighted by atomic mass is 9.86. The zero-order chi connectivity index (χ0) is 20.3. The summed E-state index contributed by atoms with van der Waals surface area (Å²) in [7, 11) is -1.21. The van der Waals surface area contributed by atoms with Gasteiger partial charge in [-0.15, -0.1) is 0 Å². The van der Waals surface area contributed by atoms with E-state index in [1.165, 1.54) is 0 Å². The fraction of sp³-hybridized carbons (Fsp3) is 0.429. The number of sulfonamides is 1. The zero-order valence-electron chi connectivity index (χ0n) is 16.6. The van der Waals surface area contributed by atoms with Crippen molar-refractivity contribution in [1.29, 1.82) is 0 Å². The van der Waals surface area contributed by atoms with E-state index in [1.807, 2.05) is 42.6 Å². The molecule has 29 heavy (non-hydrogen) atoms. The fourth-order valence-electron chi connectivity index (χ4n) is 4.17. The molecule has 1 saturated carbocycles. The normalized spacial score (nSPS) is 20.0. The van der Waals surface area contributed by atoms with Gasteiger partial charge in [-0.25, -0.2) is 23.1 Å². The van der Waals surface area contributed by atoms with Gasteiger partial charge in [-0.3, -0.25) is 0 Å². The summed E-state index contributed by atoms with van der Waals surface area (Å²) < 4.78 is 27.7. The number of rotatable bonds is 7. The summed E-state index contributed by atoms with van der Waals surface area (Å²) in [5.74, 6) is 1.33. The topological polar surface area (TPSA) is 91.0 Å². The summed E-state index contributed by atoms with van der Waals surface area (Å²) in [6.07, 6.45) is 7.20. The van der Waals surface area contributed by atoms with E-state index in [-0.39, 0.29) is 11.7 Å². The lowest BCUT2D eigenvalue weighted by molar-refractivity contribution is 0.340. The van der Waals surface area contributed by atoms with Gasteiger partial charge < -0.3 is 9.88 Å². The van der Waals surface area contributed by atoms with Crippen LogP contribution in [0.3, 0.4) is 0 Å². The van der Waals surface area contributed by atoms with Crippen LogP contribution in [0.4, 0.5) is 5.82 Å². The lowest BCUT2D eigenvalue weighted by Gasteiger charge is -2.35. The molecule has 2 N–H and O–H groups in total. The van der Waals surface area contributed by atoms with E-state index in [0.717, 1.165) is 48.1 Å². The monoisotopic (exact) mass is 413 g/mol. The second-order valence-electron chi connectivity index (χ2n) is 7.81. The predicted octanol–water partition coefficient (Wildman–Crippen LogP) is 3.07. The Kier molecular flexibility index (Phi) is 5.82. The molecule has 3 aromatic rings. The summed E-state index contributed by atoms with van der Waals surface area (Å²) in [6, 6.07) is 12.0. The highest BCUT2D eigenvalue weighted by atomic mass is 32.2. The number of H-pyrrole nitrogens is 1. The number of hydrogen-bond donors (Lipinski definition) is 2. The molecule has 0 atom stereocenters. The third-order valence-corrected chi connectivity index (χ3v) is 7.32. The van der Waals surface area contributed by atoms with Gasteiger partial charge in [0.25, 0.3) is 0 Å². The molecule has 7 nitrogen and oxygen atoms in total. The molecule has 0 spiro atoms. The Morgan fingerprint density at radius 3 is 2.62 bits per heavy atom. The van der Waals surface area contributed by atoms with E-state index in [1.54, 1.807) is 6.33 Å². The van der Waals surface area contributed by atoms with Crippen molar-refractivity contribution in [2.24, 2.45) is 5.92 Å². The SMILES string of the molecule is CN(c1ncnc2[nH]ccc12)[C@H]1CC[C@@H](CS(=O)(=O)NCc2ccccc2)CC1. The van der Waals surface area contributed by atoms with Crippen LogP contribution in [0.1, 0.15) is 31.2 Å². The zero-order valence-corrected chi connectivity index (χ0v) is 17.4. The molecule has 0 radical (unpaired) electrons. The van der Waals surface area contributed by atoms with Gasteiger partial charge in [0.1, 0.15) is 17.8 Å². The summed E-state index contributed by atoms with van der Waals surface area (Å²) in [5, 5.41) is 1.02. The fourth-order valence-corrected chi connectivity index (χ4v) is 5.63. The highest BCUT2D eigenvalue weighted by Gasteiger charge is 2.28. The van der Waals surface area contributed by atoms with Crippen molar-refractivity contribution in [3.05, 3.63) is 54.5 Å². The van der Waals surface area contributed by atoms with Crippen molar-refractivity contribution in [3.63, 3.8) is 0 Å². The largest absolute Gasteiger partial charge is 0.356 e. The van der Waals surface area contributed by atoms with Gasteiger partial charge in [0.2, 0.25) is 10.0 Å². The number of nitrogens with one attached hydrogen (secondary N) is 2. The maximum atomic E-state index is 12.5.